The molecular weight excluding hydrogens is 302 g/mol. The lowest BCUT2D eigenvalue weighted by Gasteiger charge is -2.20. The van der Waals surface area contributed by atoms with Crippen molar-refractivity contribution >= 4 is 11.8 Å². The molecule has 0 aliphatic carbocycles. The second-order valence-corrected chi connectivity index (χ2v) is 6.70. The van der Waals surface area contributed by atoms with Gasteiger partial charge < -0.3 is 15.1 Å². The first-order chi connectivity index (χ1) is 11.6. The monoisotopic (exact) mass is 331 g/mol. The minimum Gasteiger partial charge on any atom is -0.352 e. The van der Waals surface area contributed by atoms with Gasteiger partial charge in [0.25, 0.3) is 11.8 Å². The normalized spacial score (nSPS) is 15.2. The smallest absolute Gasteiger partial charge is 0.253 e. The van der Waals surface area contributed by atoms with E-state index in [1.807, 2.05) is 19.0 Å². The number of hydrogen-bond acceptors (Lipinski definition) is 3. The highest BCUT2D eigenvalue weighted by molar-refractivity contribution is 5.97. The van der Waals surface area contributed by atoms with Crippen LogP contribution < -0.4 is 5.32 Å². The second-order valence-electron chi connectivity index (χ2n) is 6.70. The molecule has 24 heavy (non-hydrogen) atoms. The van der Waals surface area contributed by atoms with E-state index < -0.39 is 0 Å². The van der Waals surface area contributed by atoms with Gasteiger partial charge in [0, 0.05) is 30.8 Å². The summed E-state index contributed by atoms with van der Waals surface area (Å²) in [5.74, 6) is -0.00244. The molecule has 132 valence electrons. The topological polar surface area (TPSA) is 52.7 Å². The Morgan fingerprint density at radius 3 is 2.17 bits per heavy atom. The first kappa shape index (κ1) is 18.5. The van der Waals surface area contributed by atoms with Crippen molar-refractivity contribution in [3.8, 4) is 0 Å². The largest absolute Gasteiger partial charge is 0.352 e. The van der Waals surface area contributed by atoms with Crippen LogP contribution in [0.5, 0.6) is 0 Å². The van der Waals surface area contributed by atoms with Crippen LogP contribution in [-0.2, 0) is 0 Å². The molecule has 2 rings (SSSR count). The molecule has 5 nitrogen and oxygen atoms in total. The summed E-state index contributed by atoms with van der Waals surface area (Å²) >= 11 is 0. The van der Waals surface area contributed by atoms with Gasteiger partial charge in [0.05, 0.1) is 0 Å². The first-order valence-corrected chi connectivity index (χ1v) is 8.90. The first-order valence-electron chi connectivity index (χ1n) is 8.90. The van der Waals surface area contributed by atoms with E-state index in [1.54, 1.807) is 24.3 Å². The molecule has 0 saturated carbocycles. The summed E-state index contributed by atoms with van der Waals surface area (Å²) in [5, 5.41) is 2.91. The number of carbonyl (C=O) groups excluding carboxylic acids is 2. The molecule has 1 N–H and O–H groups in total. The summed E-state index contributed by atoms with van der Waals surface area (Å²) in [6.45, 7) is 3.29. The summed E-state index contributed by atoms with van der Waals surface area (Å²) in [4.78, 5) is 28.7. The third-order valence-corrected chi connectivity index (χ3v) is 4.35. The van der Waals surface area contributed by atoms with Crippen molar-refractivity contribution < 1.29 is 9.59 Å². The summed E-state index contributed by atoms with van der Waals surface area (Å²) in [7, 11) is 4.03. The van der Waals surface area contributed by atoms with Crippen LogP contribution >= 0.6 is 0 Å². The highest BCUT2D eigenvalue weighted by Crippen LogP contribution is 2.14. The van der Waals surface area contributed by atoms with Crippen LogP contribution in [0, 0.1) is 0 Å². The Labute approximate surface area is 145 Å². The van der Waals surface area contributed by atoms with Gasteiger partial charge in [-0.1, -0.05) is 12.8 Å². The lowest BCUT2D eigenvalue weighted by atomic mass is 10.1. The standard InChI is InChI=1S/C19H29N3O2/c1-21(2)13-7-12-20-18(23)16-8-10-17(11-9-16)19(24)22-14-5-3-4-6-15-22/h8-11H,3-7,12-15H2,1-2H3,(H,20,23). The molecule has 0 unspecified atom stereocenters. The third kappa shape index (κ3) is 5.64. The quantitative estimate of drug-likeness (QED) is 0.814. The zero-order valence-electron chi connectivity index (χ0n) is 14.9. The molecule has 1 aliphatic rings. The Hall–Kier alpha value is -1.88. The van der Waals surface area contributed by atoms with Crippen molar-refractivity contribution in [1.29, 1.82) is 0 Å². The average molecular weight is 331 g/mol. The third-order valence-electron chi connectivity index (χ3n) is 4.35. The van der Waals surface area contributed by atoms with Gasteiger partial charge in [0.15, 0.2) is 0 Å². The van der Waals surface area contributed by atoms with Crippen molar-refractivity contribution in [3.05, 3.63) is 35.4 Å². The Morgan fingerprint density at radius 2 is 1.58 bits per heavy atom. The van der Waals surface area contributed by atoms with Crippen LogP contribution in [0.3, 0.4) is 0 Å². The van der Waals surface area contributed by atoms with Gasteiger partial charge in [-0.25, -0.2) is 0 Å². The fraction of sp³-hybridized carbons (Fsp3) is 0.579. The van der Waals surface area contributed by atoms with E-state index in [0.29, 0.717) is 17.7 Å². The maximum Gasteiger partial charge on any atom is 0.253 e. The molecule has 5 heteroatoms. The molecule has 0 aromatic heterocycles. The molecule has 1 aliphatic heterocycles. The average Bonchev–Trinajstić information content (AvgIpc) is 2.87. The van der Waals surface area contributed by atoms with Crippen LogP contribution in [0.1, 0.15) is 52.8 Å². The lowest BCUT2D eigenvalue weighted by Crippen LogP contribution is -2.32. The molecule has 0 bridgehead atoms. The zero-order valence-corrected chi connectivity index (χ0v) is 14.9. The van der Waals surface area contributed by atoms with Crippen molar-refractivity contribution in [3.63, 3.8) is 0 Å². The number of likely N-dealkylation sites (tertiary alicyclic amines) is 1. The van der Waals surface area contributed by atoms with Gasteiger partial charge in [0.2, 0.25) is 0 Å². The molecule has 0 spiro atoms. The van der Waals surface area contributed by atoms with E-state index in [4.69, 9.17) is 0 Å². The second kappa shape index (κ2) is 9.42. The van der Waals surface area contributed by atoms with Gasteiger partial charge in [-0.15, -0.1) is 0 Å². The van der Waals surface area contributed by atoms with Crippen LogP contribution in [0.25, 0.3) is 0 Å². The van der Waals surface area contributed by atoms with Gasteiger partial charge in [-0.3, -0.25) is 9.59 Å². The Morgan fingerprint density at radius 1 is 1.00 bits per heavy atom. The Balaban J connectivity index is 1.87. The summed E-state index contributed by atoms with van der Waals surface area (Å²) < 4.78 is 0. The van der Waals surface area contributed by atoms with Crippen LogP contribution in [0.15, 0.2) is 24.3 Å². The van der Waals surface area contributed by atoms with Gasteiger partial charge in [-0.05, 0) is 64.2 Å². The molecule has 0 atom stereocenters. The minimum absolute atomic E-state index is 0.0786. The SMILES string of the molecule is CN(C)CCCNC(=O)c1ccc(C(=O)N2CCCCCC2)cc1. The molecule has 1 aromatic rings. The number of benzene rings is 1. The number of carbonyl (C=O) groups is 2. The van der Waals surface area contributed by atoms with Crippen molar-refractivity contribution in [2.75, 3.05) is 40.3 Å². The molecular formula is C19H29N3O2. The van der Waals surface area contributed by atoms with E-state index in [2.05, 4.69) is 10.2 Å². The fourth-order valence-corrected chi connectivity index (χ4v) is 2.92. The number of nitrogens with zero attached hydrogens (tertiary/aromatic N) is 2. The Kier molecular flexibility index (Phi) is 7.25. The number of hydrogen-bond donors (Lipinski definition) is 1. The van der Waals surface area contributed by atoms with Crippen molar-refractivity contribution in [2.24, 2.45) is 0 Å². The number of nitrogens with one attached hydrogen (secondary N) is 1. The van der Waals surface area contributed by atoms with E-state index >= 15 is 0 Å². The predicted molar refractivity (Wildman–Crippen MR) is 96.3 cm³/mol. The highest BCUT2D eigenvalue weighted by atomic mass is 16.2. The van der Waals surface area contributed by atoms with E-state index in [1.165, 1.54) is 12.8 Å². The van der Waals surface area contributed by atoms with E-state index in [0.717, 1.165) is 38.9 Å². The van der Waals surface area contributed by atoms with Crippen LogP contribution in [-0.4, -0.2) is 61.9 Å². The summed E-state index contributed by atoms with van der Waals surface area (Å²) in [6.07, 6.45) is 5.50. The van der Waals surface area contributed by atoms with Crippen LogP contribution in [0.2, 0.25) is 0 Å². The highest BCUT2D eigenvalue weighted by Gasteiger charge is 2.17. The van der Waals surface area contributed by atoms with Crippen LogP contribution in [0.4, 0.5) is 0 Å². The maximum atomic E-state index is 12.5. The Bertz CT molecular complexity index is 532. The molecule has 1 saturated heterocycles. The minimum atomic E-state index is -0.0810. The van der Waals surface area contributed by atoms with E-state index in [9.17, 15) is 9.59 Å². The van der Waals surface area contributed by atoms with Gasteiger partial charge in [-0.2, -0.15) is 0 Å². The zero-order chi connectivity index (χ0) is 17.4. The fourth-order valence-electron chi connectivity index (χ4n) is 2.92. The van der Waals surface area contributed by atoms with Gasteiger partial charge in [0.1, 0.15) is 0 Å². The van der Waals surface area contributed by atoms with Crippen molar-refractivity contribution in [2.45, 2.75) is 32.1 Å². The summed E-state index contributed by atoms with van der Waals surface area (Å²) in [5.41, 5.74) is 1.27. The molecule has 1 heterocycles. The van der Waals surface area contributed by atoms with E-state index in [-0.39, 0.29) is 11.8 Å². The predicted octanol–water partition coefficient (Wildman–Crippen LogP) is 2.38. The summed E-state index contributed by atoms with van der Waals surface area (Å²) in [6, 6.07) is 7.02. The van der Waals surface area contributed by atoms with Crippen molar-refractivity contribution in [1.82, 2.24) is 15.1 Å². The molecule has 1 fully saturated rings. The van der Waals surface area contributed by atoms with Gasteiger partial charge >= 0.3 is 0 Å². The lowest BCUT2D eigenvalue weighted by molar-refractivity contribution is 0.0761. The number of amides is 2. The number of rotatable bonds is 6. The maximum absolute atomic E-state index is 12.5. The molecule has 2 amide bonds. The molecule has 1 aromatic carbocycles. The molecule has 0 radical (unpaired) electrons.